The Kier molecular flexibility index (Phi) is 4.34. The lowest BCUT2D eigenvalue weighted by Gasteiger charge is -2.13. The molecular formula is C14H13F3N2O3S. The van der Waals surface area contributed by atoms with Gasteiger partial charge in [0.25, 0.3) is 0 Å². The monoisotopic (exact) mass is 346 g/mol. The number of rotatable bonds is 4. The largest absolute Gasteiger partial charge is 0.416 e. The molecule has 2 rings (SSSR count). The van der Waals surface area contributed by atoms with Crippen LogP contribution in [0.1, 0.15) is 23.0 Å². The number of benzene rings is 1. The number of carbonyl (C=O) groups excluding carboxylic acids is 1. The summed E-state index contributed by atoms with van der Waals surface area (Å²) in [5.74, 6) is -0.250. The molecule has 0 radical (unpaired) electrons. The van der Waals surface area contributed by atoms with Gasteiger partial charge >= 0.3 is 6.18 Å². The van der Waals surface area contributed by atoms with E-state index in [2.05, 4.69) is 4.98 Å². The molecule has 0 bridgehead atoms. The second-order valence-electron chi connectivity index (χ2n) is 4.80. The van der Waals surface area contributed by atoms with Crippen molar-refractivity contribution in [2.24, 2.45) is 7.05 Å². The fraction of sp³-hybridized carbons (Fsp3) is 0.286. The van der Waals surface area contributed by atoms with Crippen LogP contribution >= 0.6 is 0 Å². The van der Waals surface area contributed by atoms with Crippen LogP contribution in [0.4, 0.5) is 13.2 Å². The lowest BCUT2D eigenvalue weighted by molar-refractivity contribution is -0.137. The van der Waals surface area contributed by atoms with E-state index in [4.69, 9.17) is 0 Å². The summed E-state index contributed by atoms with van der Waals surface area (Å²) in [6.45, 7) is 1.34. The molecule has 5 nitrogen and oxygen atoms in total. The molecule has 0 saturated carbocycles. The summed E-state index contributed by atoms with van der Waals surface area (Å²) in [7, 11) is -2.44. The van der Waals surface area contributed by atoms with Crippen molar-refractivity contribution in [2.75, 3.05) is 5.75 Å². The Labute approximate surface area is 130 Å². The minimum Gasteiger partial charge on any atom is -0.325 e. The van der Waals surface area contributed by atoms with Crippen molar-refractivity contribution in [1.29, 1.82) is 0 Å². The van der Waals surface area contributed by atoms with E-state index in [0.717, 1.165) is 12.1 Å². The molecule has 1 aromatic heterocycles. The molecule has 0 N–H and O–H groups in total. The number of carbonyl (C=O) groups is 1. The SMILES string of the molecule is CCS(=O)(=O)c1cc(C(F)(F)F)ccc1-c1ncc(C=O)n1C. The molecule has 9 heteroatoms. The van der Waals surface area contributed by atoms with E-state index >= 15 is 0 Å². The van der Waals surface area contributed by atoms with Crippen molar-refractivity contribution in [3.63, 3.8) is 0 Å². The first-order valence-corrected chi connectivity index (χ1v) is 8.18. The molecular weight excluding hydrogens is 333 g/mol. The highest BCUT2D eigenvalue weighted by atomic mass is 32.2. The van der Waals surface area contributed by atoms with Crippen LogP contribution in [-0.2, 0) is 23.1 Å². The van der Waals surface area contributed by atoms with Crippen LogP contribution in [0.5, 0.6) is 0 Å². The number of halogens is 3. The zero-order chi connectivity index (χ0) is 17.4. The van der Waals surface area contributed by atoms with Gasteiger partial charge in [-0.3, -0.25) is 4.79 Å². The van der Waals surface area contributed by atoms with Gasteiger partial charge in [-0.15, -0.1) is 0 Å². The van der Waals surface area contributed by atoms with Crippen molar-refractivity contribution in [2.45, 2.75) is 18.0 Å². The van der Waals surface area contributed by atoms with Gasteiger partial charge in [0.05, 0.1) is 22.4 Å². The lowest BCUT2D eigenvalue weighted by Crippen LogP contribution is -2.11. The predicted molar refractivity (Wildman–Crippen MR) is 76.8 cm³/mol. The maximum absolute atomic E-state index is 12.9. The molecule has 0 aliphatic heterocycles. The predicted octanol–water partition coefficient (Wildman–Crippen LogP) is 2.71. The highest BCUT2D eigenvalue weighted by Gasteiger charge is 2.33. The van der Waals surface area contributed by atoms with E-state index < -0.39 is 26.5 Å². The number of imidazole rings is 1. The lowest BCUT2D eigenvalue weighted by atomic mass is 10.1. The normalized spacial score (nSPS) is 12.4. The van der Waals surface area contributed by atoms with E-state index in [1.807, 2.05) is 0 Å². The van der Waals surface area contributed by atoms with Crippen LogP contribution in [0.2, 0.25) is 0 Å². The Hall–Kier alpha value is -2.16. The third-order valence-electron chi connectivity index (χ3n) is 3.41. The van der Waals surface area contributed by atoms with Crippen LogP contribution in [0, 0.1) is 0 Å². The average molecular weight is 346 g/mol. The molecule has 0 aliphatic carbocycles. The van der Waals surface area contributed by atoms with Gasteiger partial charge in [0.15, 0.2) is 16.1 Å². The highest BCUT2D eigenvalue weighted by molar-refractivity contribution is 7.91. The molecule has 1 heterocycles. The van der Waals surface area contributed by atoms with Crippen molar-refractivity contribution in [3.8, 4) is 11.4 Å². The number of alkyl halides is 3. The maximum atomic E-state index is 12.9. The average Bonchev–Trinajstić information content (AvgIpc) is 2.86. The summed E-state index contributed by atoms with van der Waals surface area (Å²) in [4.78, 5) is 14.4. The van der Waals surface area contributed by atoms with Gasteiger partial charge in [0, 0.05) is 12.6 Å². The van der Waals surface area contributed by atoms with Gasteiger partial charge in [-0.1, -0.05) is 6.92 Å². The molecule has 124 valence electrons. The van der Waals surface area contributed by atoms with Crippen LogP contribution in [0.25, 0.3) is 11.4 Å². The molecule has 0 saturated heterocycles. The Morgan fingerprint density at radius 2 is 1.96 bits per heavy atom. The Bertz CT molecular complexity index is 855. The maximum Gasteiger partial charge on any atom is 0.416 e. The molecule has 0 spiro atoms. The third-order valence-corrected chi connectivity index (χ3v) is 5.18. The Balaban J connectivity index is 2.78. The Morgan fingerprint density at radius 3 is 2.43 bits per heavy atom. The third kappa shape index (κ3) is 3.14. The number of hydrogen-bond acceptors (Lipinski definition) is 4. The number of aromatic nitrogens is 2. The molecule has 0 fully saturated rings. The van der Waals surface area contributed by atoms with E-state index in [0.29, 0.717) is 12.4 Å². The summed E-state index contributed by atoms with van der Waals surface area (Å²) >= 11 is 0. The van der Waals surface area contributed by atoms with Crippen LogP contribution in [-0.4, -0.2) is 30.0 Å². The standard InChI is InChI=1S/C14H13F3N2O3S/c1-3-23(21,22)12-6-9(14(15,16)17)4-5-11(12)13-18-7-10(8-20)19(13)2/h4-8H,3H2,1-2H3. The molecule has 0 atom stereocenters. The summed E-state index contributed by atoms with van der Waals surface area (Å²) in [5, 5.41) is 0. The first kappa shape index (κ1) is 17.2. The van der Waals surface area contributed by atoms with Gasteiger partial charge in [-0.25, -0.2) is 13.4 Å². The van der Waals surface area contributed by atoms with Gasteiger partial charge in [-0.2, -0.15) is 13.2 Å². The van der Waals surface area contributed by atoms with Crippen molar-refractivity contribution < 1.29 is 26.4 Å². The van der Waals surface area contributed by atoms with E-state index in [1.54, 1.807) is 0 Å². The fourth-order valence-corrected chi connectivity index (χ4v) is 3.19. The molecule has 23 heavy (non-hydrogen) atoms. The summed E-state index contributed by atoms with van der Waals surface area (Å²) in [6, 6.07) is 2.45. The minimum absolute atomic E-state index is 0.0236. The quantitative estimate of drug-likeness (QED) is 0.798. The van der Waals surface area contributed by atoms with Crippen molar-refractivity contribution >= 4 is 16.1 Å². The van der Waals surface area contributed by atoms with E-state index in [9.17, 15) is 26.4 Å². The molecule has 0 amide bonds. The first-order valence-electron chi connectivity index (χ1n) is 6.53. The smallest absolute Gasteiger partial charge is 0.325 e. The first-order chi connectivity index (χ1) is 10.6. The van der Waals surface area contributed by atoms with E-state index in [1.165, 1.54) is 24.7 Å². The van der Waals surface area contributed by atoms with Gasteiger partial charge < -0.3 is 4.57 Å². The fourth-order valence-electron chi connectivity index (χ4n) is 2.08. The number of nitrogens with zero attached hydrogens (tertiary/aromatic N) is 2. The molecule has 2 aromatic rings. The number of sulfone groups is 1. The summed E-state index contributed by atoms with van der Waals surface area (Å²) < 4.78 is 64.3. The zero-order valence-electron chi connectivity index (χ0n) is 12.3. The van der Waals surface area contributed by atoms with Gasteiger partial charge in [0.2, 0.25) is 0 Å². The zero-order valence-corrected chi connectivity index (χ0v) is 13.1. The molecule has 0 aliphatic rings. The topological polar surface area (TPSA) is 69.0 Å². The summed E-state index contributed by atoms with van der Waals surface area (Å²) in [5.41, 5.74) is -0.853. The van der Waals surface area contributed by atoms with Crippen LogP contribution in [0.3, 0.4) is 0 Å². The van der Waals surface area contributed by atoms with Crippen molar-refractivity contribution in [1.82, 2.24) is 9.55 Å². The van der Waals surface area contributed by atoms with E-state index in [-0.39, 0.29) is 22.8 Å². The highest BCUT2D eigenvalue weighted by Crippen LogP contribution is 2.35. The minimum atomic E-state index is -4.66. The second-order valence-corrected chi connectivity index (χ2v) is 7.04. The van der Waals surface area contributed by atoms with Crippen LogP contribution in [0.15, 0.2) is 29.3 Å². The second kappa shape index (κ2) is 5.80. The van der Waals surface area contributed by atoms with Gasteiger partial charge in [0.1, 0.15) is 11.5 Å². The molecule has 0 unspecified atom stereocenters. The van der Waals surface area contributed by atoms with Gasteiger partial charge in [-0.05, 0) is 18.2 Å². The summed E-state index contributed by atoms with van der Waals surface area (Å²) in [6.07, 6.45) is -2.91. The Morgan fingerprint density at radius 1 is 1.30 bits per heavy atom. The number of hydrogen-bond donors (Lipinski definition) is 0. The number of aldehydes is 1. The van der Waals surface area contributed by atoms with Crippen molar-refractivity contribution in [3.05, 3.63) is 35.7 Å². The van der Waals surface area contributed by atoms with Crippen LogP contribution < -0.4 is 0 Å². The molecule has 1 aromatic carbocycles.